The molecule has 116 valence electrons. The molecule has 0 heterocycles. The lowest BCUT2D eigenvalue weighted by Gasteiger charge is -2.20. The van der Waals surface area contributed by atoms with Gasteiger partial charge in [-0.2, -0.15) is 0 Å². The molecule has 2 aromatic carbocycles. The molecule has 2 amide bonds. The Kier molecular flexibility index (Phi) is 5.98. The van der Waals surface area contributed by atoms with Gasteiger partial charge in [-0.3, -0.25) is 0 Å². The Morgan fingerprint density at radius 2 is 1.64 bits per heavy atom. The molecule has 0 saturated carbocycles. The van der Waals surface area contributed by atoms with Gasteiger partial charge in [-0.1, -0.05) is 60.7 Å². The lowest BCUT2D eigenvalue weighted by atomic mass is 9.99. The molecular weight excluding hydrogens is 276 g/mol. The number of hydrogen-bond acceptors (Lipinski definition) is 2. The zero-order valence-electron chi connectivity index (χ0n) is 12.7. The summed E-state index contributed by atoms with van der Waals surface area (Å²) >= 11 is 0. The van der Waals surface area contributed by atoms with Crippen LogP contribution < -0.4 is 10.6 Å². The minimum absolute atomic E-state index is 0.113. The Labute approximate surface area is 131 Å². The van der Waals surface area contributed by atoms with Crippen LogP contribution in [0.15, 0.2) is 60.7 Å². The molecule has 22 heavy (non-hydrogen) atoms. The number of hydrogen-bond donors (Lipinski definition) is 3. The lowest BCUT2D eigenvalue weighted by Crippen LogP contribution is -2.41. The van der Waals surface area contributed by atoms with Crippen molar-refractivity contribution in [3.8, 4) is 0 Å². The summed E-state index contributed by atoms with van der Waals surface area (Å²) in [4.78, 5) is 12.0. The molecule has 0 aliphatic carbocycles. The summed E-state index contributed by atoms with van der Waals surface area (Å²) in [5.41, 5.74) is 2.21. The maximum absolute atomic E-state index is 12.0. The van der Waals surface area contributed by atoms with E-state index in [1.807, 2.05) is 60.7 Å². The van der Waals surface area contributed by atoms with Crippen LogP contribution in [0.2, 0.25) is 0 Å². The second kappa shape index (κ2) is 8.20. The van der Waals surface area contributed by atoms with Crippen LogP contribution in [0, 0.1) is 0 Å². The van der Waals surface area contributed by atoms with Gasteiger partial charge in [-0.05, 0) is 24.5 Å². The second-order valence-corrected chi connectivity index (χ2v) is 5.36. The summed E-state index contributed by atoms with van der Waals surface area (Å²) in [7, 11) is 0. The number of aliphatic hydroxyl groups is 1. The van der Waals surface area contributed by atoms with Gasteiger partial charge in [-0.25, -0.2) is 4.79 Å². The first kappa shape index (κ1) is 16.0. The summed E-state index contributed by atoms with van der Waals surface area (Å²) in [6, 6.07) is 19.5. The fraction of sp³-hybridized carbons (Fsp3) is 0.278. The van der Waals surface area contributed by atoms with Crippen LogP contribution in [0.1, 0.15) is 24.1 Å². The minimum Gasteiger partial charge on any atom is -0.392 e. The van der Waals surface area contributed by atoms with Crippen LogP contribution in [0.4, 0.5) is 4.79 Å². The Balaban J connectivity index is 2.07. The first-order chi connectivity index (χ1) is 10.6. The van der Waals surface area contributed by atoms with Crippen molar-refractivity contribution < 1.29 is 9.90 Å². The molecule has 0 bridgehead atoms. The van der Waals surface area contributed by atoms with Gasteiger partial charge in [0.05, 0.1) is 12.1 Å². The van der Waals surface area contributed by atoms with E-state index >= 15 is 0 Å². The Morgan fingerprint density at radius 3 is 2.23 bits per heavy atom. The monoisotopic (exact) mass is 298 g/mol. The molecule has 0 radical (unpaired) electrons. The van der Waals surface area contributed by atoms with Gasteiger partial charge in [0.25, 0.3) is 0 Å². The first-order valence-electron chi connectivity index (χ1n) is 7.46. The number of benzene rings is 2. The summed E-state index contributed by atoms with van der Waals surface area (Å²) in [5, 5.41) is 14.9. The van der Waals surface area contributed by atoms with Crippen molar-refractivity contribution in [2.75, 3.05) is 6.54 Å². The van der Waals surface area contributed by atoms with E-state index in [9.17, 15) is 9.90 Å². The maximum atomic E-state index is 12.0. The van der Waals surface area contributed by atoms with Gasteiger partial charge in [0.1, 0.15) is 0 Å². The molecule has 0 fully saturated rings. The zero-order valence-corrected chi connectivity index (χ0v) is 12.7. The Hall–Kier alpha value is -2.33. The molecule has 0 spiro atoms. The van der Waals surface area contributed by atoms with Gasteiger partial charge in [0, 0.05) is 6.54 Å². The van der Waals surface area contributed by atoms with Gasteiger partial charge >= 0.3 is 6.03 Å². The van der Waals surface area contributed by atoms with Crippen molar-refractivity contribution in [2.45, 2.75) is 25.5 Å². The van der Waals surface area contributed by atoms with E-state index in [-0.39, 0.29) is 18.6 Å². The number of aliphatic hydroxyl groups excluding tert-OH is 1. The molecular formula is C18H22N2O2. The van der Waals surface area contributed by atoms with E-state index in [0.717, 1.165) is 11.1 Å². The van der Waals surface area contributed by atoms with Crippen LogP contribution in [0.25, 0.3) is 0 Å². The van der Waals surface area contributed by atoms with E-state index in [0.29, 0.717) is 6.42 Å². The van der Waals surface area contributed by atoms with Crippen molar-refractivity contribution in [3.05, 3.63) is 71.8 Å². The molecule has 2 atom stereocenters. The molecule has 0 unspecified atom stereocenters. The van der Waals surface area contributed by atoms with E-state index in [2.05, 4.69) is 10.6 Å². The highest BCUT2D eigenvalue weighted by atomic mass is 16.3. The molecule has 0 aliphatic rings. The predicted molar refractivity (Wildman–Crippen MR) is 87.5 cm³/mol. The largest absolute Gasteiger partial charge is 0.392 e. The van der Waals surface area contributed by atoms with E-state index in [1.54, 1.807) is 6.92 Å². The molecule has 0 aliphatic heterocycles. The van der Waals surface area contributed by atoms with Crippen molar-refractivity contribution in [1.82, 2.24) is 10.6 Å². The predicted octanol–water partition coefficient (Wildman–Crippen LogP) is 2.65. The fourth-order valence-corrected chi connectivity index (χ4v) is 2.24. The number of rotatable bonds is 6. The average molecular weight is 298 g/mol. The summed E-state index contributed by atoms with van der Waals surface area (Å²) in [6.07, 6.45) is 0.155. The molecule has 3 N–H and O–H groups in total. The van der Waals surface area contributed by atoms with Crippen molar-refractivity contribution >= 4 is 6.03 Å². The van der Waals surface area contributed by atoms with Gasteiger partial charge in [0.2, 0.25) is 0 Å². The fourth-order valence-electron chi connectivity index (χ4n) is 2.24. The van der Waals surface area contributed by atoms with Crippen molar-refractivity contribution in [2.24, 2.45) is 0 Å². The minimum atomic E-state index is -0.560. The third-order valence-electron chi connectivity index (χ3n) is 3.35. The van der Waals surface area contributed by atoms with Crippen LogP contribution in [-0.2, 0) is 6.42 Å². The van der Waals surface area contributed by atoms with Gasteiger partial charge in [0.15, 0.2) is 0 Å². The normalized spacial score (nSPS) is 13.2. The molecule has 4 nitrogen and oxygen atoms in total. The topological polar surface area (TPSA) is 61.4 Å². The van der Waals surface area contributed by atoms with Gasteiger partial charge < -0.3 is 15.7 Å². The first-order valence-corrected chi connectivity index (χ1v) is 7.46. The highest BCUT2D eigenvalue weighted by Gasteiger charge is 2.15. The number of nitrogens with one attached hydrogen (secondary N) is 2. The third-order valence-corrected chi connectivity index (χ3v) is 3.35. The highest BCUT2D eigenvalue weighted by molar-refractivity contribution is 5.74. The highest BCUT2D eigenvalue weighted by Crippen LogP contribution is 2.18. The second-order valence-electron chi connectivity index (χ2n) is 5.36. The average Bonchev–Trinajstić information content (AvgIpc) is 2.54. The lowest BCUT2D eigenvalue weighted by molar-refractivity contribution is 0.186. The van der Waals surface area contributed by atoms with Crippen LogP contribution in [-0.4, -0.2) is 23.8 Å². The van der Waals surface area contributed by atoms with Crippen LogP contribution in [0.3, 0.4) is 0 Å². The SMILES string of the molecule is C[C@@H](O)CNC(=O)N[C@H](Cc1ccccc1)c1ccccc1. The Bertz CT molecular complexity index is 570. The number of amides is 2. The quantitative estimate of drug-likeness (QED) is 0.768. The van der Waals surface area contributed by atoms with Crippen LogP contribution >= 0.6 is 0 Å². The standard InChI is InChI=1S/C18H22N2O2/c1-14(21)13-19-18(22)20-17(16-10-6-3-7-11-16)12-15-8-4-2-5-9-15/h2-11,14,17,21H,12-13H2,1H3,(H2,19,20,22)/t14-,17-/m1/s1. The number of carbonyl (C=O) groups is 1. The van der Waals surface area contributed by atoms with E-state index in [4.69, 9.17) is 0 Å². The number of carbonyl (C=O) groups excluding carboxylic acids is 1. The van der Waals surface area contributed by atoms with Gasteiger partial charge in [-0.15, -0.1) is 0 Å². The summed E-state index contributed by atoms with van der Waals surface area (Å²) in [5.74, 6) is 0. The van der Waals surface area contributed by atoms with E-state index in [1.165, 1.54) is 0 Å². The third kappa shape index (κ3) is 5.22. The number of urea groups is 1. The molecule has 4 heteroatoms. The van der Waals surface area contributed by atoms with Crippen molar-refractivity contribution in [1.29, 1.82) is 0 Å². The zero-order chi connectivity index (χ0) is 15.8. The smallest absolute Gasteiger partial charge is 0.315 e. The molecule has 2 rings (SSSR count). The van der Waals surface area contributed by atoms with Crippen LogP contribution in [0.5, 0.6) is 0 Å². The van der Waals surface area contributed by atoms with Crippen molar-refractivity contribution in [3.63, 3.8) is 0 Å². The molecule has 0 aromatic heterocycles. The summed E-state index contributed by atoms with van der Waals surface area (Å²) in [6.45, 7) is 1.87. The molecule has 0 saturated heterocycles. The summed E-state index contributed by atoms with van der Waals surface area (Å²) < 4.78 is 0. The molecule has 2 aromatic rings. The maximum Gasteiger partial charge on any atom is 0.315 e. The Morgan fingerprint density at radius 1 is 1.05 bits per heavy atom. The van der Waals surface area contributed by atoms with E-state index < -0.39 is 6.10 Å².